The third-order valence-corrected chi connectivity index (χ3v) is 2.57. The van der Waals surface area contributed by atoms with Crippen molar-refractivity contribution < 1.29 is 8.42 Å². The van der Waals surface area contributed by atoms with Crippen LogP contribution in [0.1, 0.15) is 0 Å². The molecule has 66 valence electrons. The summed E-state index contributed by atoms with van der Waals surface area (Å²) in [5.41, 5.74) is 0. The largest absolute Gasteiger partial charge is 0.249 e. The van der Waals surface area contributed by atoms with E-state index in [0.29, 0.717) is 3.70 Å². The fraction of sp³-hybridized carbons (Fsp3) is 0.200. The maximum Gasteiger partial charge on any atom is 0.249 e. The van der Waals surface area contributed by atoms with E-state index in [-0.39, 0.29) is 10.3 Å². The van der Waals surface area contributed by atoms with Crippen LogP contribution in [0, 0.1) is 3.70 Å². The third-order valence-electron chi connectivity index (χ3n) is 0.975. The molecule has 1 aromatic heterocycles. The van der Waals surface area contributed by atoms with Crippen LogP contribution >= 0.6 is 34.2 Å². The Morgan fingerprint density at radius 3 is 2.50 bits per heavy atom. The van der Waals surface area contributed by atoms with E-state index in [0.717, 1.165) is 6.26 Å². The molecule has 1 heterocycles. The molecule has 0 fully saturated rings. The molecule has 0 aliphatic carbocycles. The number of halogens is 2. The number of aromatic nitrogens is 2. The van der Waals surface area contributed by atoms with Crippen LogP contribution in [0.15, 0.2) is 11.2 Å². The maximum atomic E-state index is 11.0. The number of sulfone groups is 1. The minimum atomic E-state index is -3.36. The minimum Gasteiger partial charge on any atom is -0.221 e. The Morgan fingerprint density at radius 2 is 2.08 bits per heavy atom. The topological polar surface area (TPSA) is 59.9 Å². The third kappa shape index (κ3) is 2.53. The molecule has 0 unspecified atom stereocenters. The molecule has 1 rings (SSSR count). The molecule has 0 aliphatic rings. The average Bonchev–Trinajstić information content (AvgIpc) is 1.82. The van der Waals surface area contributed by atoms with E-state index in [2.05, 4.69) is 9.97 Å². The predicted octanol–water partition coefficient (Wildman–Crippen LogP) is 1.14. The van der Waals surface area contributed by atoms with Gasteiger partial charge in [0.15, 0.2) is 0 Å². The Labute approximate surface area is 88.4 Å². The summed E-state index contributed by atoms with van der Waals surface area (Å²) in [5.74, 6) is 0. The lowest BCUT2D eigenvalue weighted by Gasteiger charge is -1.97. The van der Waals surface area contributed by atoms with Gasteiger partial charge >= 0.3 is 0 Å². The van der Waals surface area contributed by atoms with Crippen LogP contribution in [-0.2, 0) is 9.84 Å². The van der Waals surface area contributed by atoms with Crippen LogP contribution in [-0.4, -0.2) is 24.6 Å². The summed E-state index contributed by atoms with van der Waals surface area (Å²) >= 11 is 7.41. The van der Waals surface area contributed by atoms with Crippen LogP contribution in [0.3, 0.4) is 0 Å². The van der Waals surface area contributed by atoms with Gasteiger partial charge in [-0.2, -0.15) is 0 Å². The van der Waals surface area contributed by atoms with Gasteiger partial charge < -0.3 is 0 Å². The van der Waals surface area contributed by atoms with Gasteiger partial charge in [0.1, 0.15) is 8.85 Å². The SMILES string of the molecule is CS(=O)(=O)c1nc(Cl)cc(I)n1. The zero-order chi connectivity index (χ0) is 9.35. The molecule has 7 heteroatoms. The summed E-state index contributed by atoms with van der Waals surface area (Å²) < 4.78 is 22.4. The molecule has 0 bridgehead atoms. The molecule has 0 amide bonds. The van der Waals surface area contributed by atoms with Crippen molar-refractivity contribution in [3.63, 3.8) is 0 Å². The smallest absolute Gasteiger partial charge is 0.221 e. The first kappa shape index (κ1) is 10.1. The van der Waals surface area contributed by atoms with Crippen molar-refractivity contribution in [3.05, 3.63) is 14.9 Å². The molecule has 0 aromatic carbocycles. The van der Waals surface area contributed by atoms with Crippen molar-refractivity contribution in [3.8, 4) is 0 Å². The van der Waals surface area contributed by atoms with E-state index < -0.39 is 9.84 Å². The molecule has 0 N–H and O–H groups in total. The van der Waals surface area contributed by atoms with E-state index in [1.165, 1.54) is 6.07 Å². The second-order valence-corrected chi connectivity index (χ2v) is 5.47. The van der Waals surface area contributed by atoms with Gasteiger partial charge in [-0.3, -0.25) is 0 Å². The molecule has 0 spiro atoms. The molecule has 12 heavy (non-hydrogen) atoms. The van der Waals surface area contributed by atoms with Crippen molar-refractivity contribution >= 4 is 44.0 Å². The summed E-state index contributed by atoms with van der Waals surface area (Å²) in [6, 6.07) is 1.48. The maximum absolute atomic E-state index is 11.0. The highest BCUT2D eigenvalue weighted by Crippen LogP contribution is 2.11. The van der Waals surface area contributed by atoms with Crippen LogP contribution in [0.4, 0.5) is 0 Å². The Morgan fingerprint density at radius 1 is 1.50 bits per heavy atom. The average molecular weight is 319 g/mol. The zero-order valence-corrected chi connectivity index (χ0v) is 9.68. The van der Waals surface area contributed by atoms with Crippen molar-refractivity contribution in [1.82, 2.24) is 9.97 Å². The van der Waals surface area contributed by atoms with Gasteiger partial charge in [-0.1, -0.05) is 11.6 Å². The van der Waals surface area contributed by atoms with E-state index in [4.69, 9.17) is 11.6 Å². The van der Waals surface area contributed by atoms with Gasteiger partial charge in [0, 0.05) is 12.3 Å². The minimum absolute atomic E-state index is 0.134. The van der Waals surface area contributed by atoms with Gasteiger partial charge in [0.05, 0.1) is 0 Å². The summed E-state index contributed by atoms with van der Waals surface area (Å²) in [5, 5.41) is -0.103. The highest BCUT2D eigenvalue weighted by molar-refractivity contribution is 14.1. The van der Waals surface area contributed by atoms with E-state index >= 15 is 0 Å². The number of rotatable bonds is 1. The van der Waals surface area contributed by atoms with Crippen LogP contribution in [0.5, 0.6) is 0 Å². The molecule has 0 saturated carbocycles. The van der Waals surface area contributed by atoms with Gasteiger partial charge in [-0.15, -0.1) is 0 Å². The second-order valence-electron chi connectivity index (χ2n) is 2.07. The van der Waals surface area contributed by atoms with Gasteiger partial charge in [0.2, 0.25) is 15.0 Å². The standard InChI is InChI=1S/C5H4ClIN2O2S/c1-12(10,11)5-8-3(6)2-4(7)9-5/h2H,1H3. The Balaban J connectivity index is 3.37. The Kier molecular flexibility index (Phi) is 2.89. The molecular weight excluding hydrogens is 314 g/mol. The number of hydrogen-bond acceptors (Lipinski definition) is 4. The normalized spacial score (nSPS) is 11.6. The summed E-state index contributed by atoms with van der Waals surface area (Å²) in [4.78, 5) is 7.28. The Hall–Kier alpha value is 0.0500. The number of nitrogens with zero attached hydrogens (tertiary/aromatic N) is 2. The fourth-order valence-corrected chi connectivity index (χ4v) is 2.17. The molecule has 1 aromatic rings. The van der Waals surface area contributed by atoms with E-state index in [1.807, 2.05) is 22.6 Å². The van der Waals surface area contributed by atoms with Crippen molar-refractivity contribution in [2.75, 3.05) is 6.26 Å². The van der Waals surface area contributed by atoms with Crippen molar-refractivity contribution in [2.24, 2.45) is 0 Å². The molecular formula is C5H4ClIN2O2S. The summed E-state index contributed by atoms with van der Waals surface area (Å²) in [6.45, 7) is 0. The highest BCUT2D eigenvalue weighted by atomic mass is 127. The lowest BCUT2D eigenvalue weighted by molar-refractivity contribution is 0.592. The Bertz CT molecular complexity index is 386. The van der Waals surface area contributed by atoms with Crippen molar-refractivity contribution in [2.45, 2.75) is 5.16 Å². The monoisotopic (exact) mass is 318 g/mol. The van der Waals surface area contributed by atoms with E-state index in [1.54, 1.807) is 0 Å². The zero-order valence-electron chi connectivity index (χ0n) is 5.95. The van der Waals surface area contributed by atoms with Crippen molar-refractivity contribution in [1.29, 1.82) is 0 Å². The van der Waals surface area contributed by atoms with Gasteiger partial charge in [-0.05, 0) is 22.6 Å². The molecule has 0 saturated heterocycles. The highest BCUT2D eigenvalue weighted by Gasteiger charge is 2.12. The summed E-state index contributed by atoms with van der Waals surface area (Å²) in [6.07, 6.45) is 1.04. The fourth-order valence-electron chi connectivity index (χ4n) is 0.536. The predicted molar refractivity (Wildman–Crippen MR) is 52.9 cm³/mol. The lowest BCUT2D eigenvalue weighted by Crippen LogP contribution is -2.04. The molecule has 4 nitrogen and oxygen atoms in total. The number of hydrogen-bond donors (Lipinski definition) is 0. The summed E-state index contributed by atoms with van der Waals surface area (Å²) in [7, 11) is -3.36. The molecule has 0 aliphatic heterocycles. The first-order valence-corrected chi connectivity index (χ1v) is 6.14. The van der Waals surface area contributed by atoms with E-state index in [9.17, 15) is 8.42 Å². The first-order valence-electron chi connectivity index (χ1n) is 2.80. The van der Waals surface area contributed by atoms with Crippen LogP contribution < -0.4 is 0 Å². The lowest BCUT2D eigenvalue weighted by atomic mass is 10.7. The molecule has 0 radical (unpaired) electrons. The molecule has 0 atom stereocenters. The van der Waals surface area contributed by atoms with Crippen LogP contribution in [0.2, 0.25) is 5.15 Å². The second kappa shape index (κ2) is 3.43. The van der Waals surface area contributed by atoms with Crippen LogP contribution in [0.25, 0.3) is 0 Å². The first-order chi connectivity index (χ1) is 5.39. The van der Waals surface area contributed by atoms with Gasteiger partial charge in [-0.25, -0.2) is 18.4 Å². The van der Waals surface area contributed by atoms with Gasteiger partial charge in [0.25, 0.3) is 0 Å². The quantitative estimate of drug-likeness (QED) is 0.442.